The maximum absolute atomic E-state index is 11.7. The van der Waals surface area contributed by atoms with Crippen LogP contribution in [0.15, 0.2) is 16.7 Å². The molecular weight excluding hydrogens is 284 g/mol. The summed E-state index contributed by atoms with van der Waals surface area (Å²) in [6, 6.07) is 0.152. The van der Waals surface area contributed by atoms with Gasteiger partial charge in [-0.15, -0.1) is 21.5 Å². The average Bonchev–Trinajstić information content (AvgIpc) is 2.96. The summed E-state index contributed by atoms with van der Waals surface area (Å²) in [7, 11) is 0. The molecule has 3 N–H and O–H groups in total. The Morgan fingerprint density at radius 3 is 3.00 bits per heavy atom. The Morgan fingerprint density at radius 2 is 2.37 bits per heavy atom. The number of thioether (sulfide) groups is 1. The zero-order chi connectivity index (χ0) is 13.8. The highest BCUT2D eigenvalue weighted by Gasteiger charge is 2.14. The summed E-state index contributed by atoms with van der Waals surface area (Å²) in [5.41, 5.74) is 5.73. The van der Waals surface area contributed by atoms with Gasteiger partial charge in [-0.05, 0) is 13.8 Å². The third-order valence-corrected chi connectivity index (χ3v) is 3.85. The second kappa shape index (κ2) is 6.02. The predicted octanol–water partition coefficient (Wildman–Crippen LogP) is 1.63. The fourth-order valence-electron chi connectivity index (χ4n) is 1.44. The largest absolute Gasteiger partial charge is 0.368 e. The van der Waals surface area contributed by atoms with E-state index in [0.717, 1.165) is 0 Å². The fourth-order valence-corrected chi connectivity index (χ4v) is 2.86. The van der Waals surface area contributed by atoms with Crippen LogP contribution in [0.5, 0.6) is 0 Å². The Bertz CT molecular complexity index is 550. The number of thiazole rings is 1. The Hall–Kier alpha value is -1.61. The Labute approximate surface area is 118 Å². The van der Waals surface area contributed by atoms with Crippen molar-refractivity contribution in [1.82, 2.24) is 19.7 Å². The van der Waals surface area contributed by atoms with Gasteiger partial charge in [0.2, 0.25) is 11.9 Å². The lowest BCUT2D eigenvalue weighted by Crippen LogP contribution is -2.15. The van der Waals surface area contributed by atoms with Crippen molar-refractivity contribution >= 4 is 40.1 Å². The molecule has 19 heavy (non-hydrogen) atoms. The number of anilines is 2. The van der Waals surface area contributed by atoms with Crippen molar-refractivity contribution in [1.29, 1.82) is 0 Å². The van der Waals surface area contributed by atoms with Crippen LogP contribution < -0.4 is 11.1 Å². The number of amides is 1. The number of carbonyl (C=O) groups is 1. The fraction of sp³-hybridized carbons (Fsp3) is 0.400. The van der Waals surface area contributed by atoms with E-state index in [-0.39, 0.29) is 17.7 Å². The van der Waals surface area contributed by atoms with Crippen molar-refractivity contribution in [2.45, 2.75) is 25.0 Å². The van der Waals surface area contributed by atoms with Gasteiger partial charge in [-0.1, -0.05) is 11.8 Å². The number of nitrogens with two attached hydrogens (primary N) is 1. The van der Waals surface area contributed by atoms with Gasteiger partial charge in [0, 0.05) is 17.6 Å². The van der Waals surface area contributed by atoms with Gasteiger partial charge in [0.25, 0.3) is 0 Å². The Morgan fingerprint density at radius 1 is 1.58 bits per heavy atom. The number of nitrogen functional groups attached to an aromatic ring is 1. The predicted molar refractivity (Wildman–Crippen MR) is 76.3 cm³/mol. The molecule has 0 saturated carbocycles. The van der Waals surface area contributed by atoms with Crippen molar-refractivity contribution in [3.05, 3.63) is 11.6 Å². The molecule has 0 bridgehead atoms. The van der Waals surface area contributed by atoms with Crippen LogP contribution in [-0.2, 0) is 4.79 Å². The highest BCUT2D eigenvalue weighted by atomic mass is 32.2. The average molecular weight is 298 g/mol. The third kappa shape index (κ3) is 3.44. The SMILES string of the molecule is CC(C)n1c(N)nnc1SCC(=O)Nc1nccs1. The molecule has 0 atom stereocenters. The first kappa shape index (κ1) is 13.8. The first-order chi connectivity index (χ1) is 9.08. The summed E-state index contributed by atoms with van der Waals surface area (Å²) in [4.78, 5) is 15.7. The first-order valence-electron chi connectivity index (χ1n) is 5.60. The molecule has 0 saturated heterocycles. The zero-order valence-electron chi connectivity index (χ0n) is 10.5. The molecule has 2 rings (SSSR count). The van der Waals surface area contributed by atoms with Crippen molar-refractivity contribution in [2.24, 2.45) is 0 Å². The molecule has 2 aromatic rings. The molecule has 0 aliphatic carbocycles. The number of nitrogens with one attached hydrogen (secondary N) is 1. The third-order valence-electron chi connectivity index (χ3n) is 2.22. The Balaban J connectivity index is 1.93. The van der Waals surface area contributed by atoms with Crippen LogP contribution in [-0.4, -0.2) is 31.4 Å². The van der Waals surface area contributed by atoms with E-state index in [0.29, 0.717) is 16.2 Å². The summed E-state index contributed by atoms with van der Waals surface area (Å²) >= 11 is 2.68. The van der Waals surface area contributed by atoms with E-state index in [1.54, 1.807) is 16.1 Å². The van der Waals surface area contributed by atoms with Crippen molar-refractivity contribution in [2.75, 3.05) is 16.8 Å². The molecule has 2 aromatic heterocycles. The highest BCUT2D eigenvalue weighted by Crippen LogP contribution is 2.22. The zero-order valence-corrected chi connectivity index (χ0v) is 12.2. The van der Waals surface area contributed by atoms with E-state index in [1.807, 2.05) is 13.8 Å². The van der Waals surface area contributed by atoms with E-state index >= 15 is 0 Å². The van der Waals surface area contributed by atoms with E-state index in [4.69, 9.17) is 5.73 Å². The molecule has 0 fully saturated rings. The topological polar surface area (TPSA) is 98.7 Å². The van der Waals surface area contributed by atoms with Crippen LogP contribution in [0.1, 0.15) is 19.9 Å². The van der Waals surface area contributed by atoms with Crippen LogP contribution >= 0.6 is 23.1 Å². The molecule has 9 heteroatoms. The molecule has 0 aliphatic heterocycles. The van der Waals surface area contributed by atoms with Crippen LogP contribution in [0.2, 0.25) is 0 Å². The van der Waals surface area contributed by atoms with Crippen LogP contribution in [0, 0.1) is 0 Å². The lowest BCUT2D eigenvalue weighted by atomic mass is 10.4. The van der Waals surface area contributed by atoms with Crippen molar-refractivity contribution < 1.29 is 4.79 Å². The van der Waals surface area contributed by atoms with Gasteiger partial charge in [-0.2, -0.15) is 0 Å². The minimum absolute atomic E-state index is 0.128. The van der Waals surface area contributed by atoms with Crippen LogP contribution in [0.4, 0.5) is 11.1 Å². The van der Waals surface area contributed by atoms with Gasteiger partial charge < -0.3 is 11.1 Å². The number of hydrogen-bond acceptors (Lipinski definition) is 7. The quantitative estimate of drug-likeness (QED) is 0.814. The van der Waals surface area contributed by atoms with Crippen LogP contribution in [0.3, 0.4) is 0 Å². The summed E-state index contributed by atoms with van der Waals surface area (Å²) in [5, 5.41) is 13.5. The van der Waals surface area contributed by atoms with Gasteiger partial charge in [0.1, 0.15) is 0 Å². The maximum atomic E-state index is 11.7. The minimum atomic E-state index is -0.128. The number of rotatable bonds is 5. The molecule has 0 aliphatic rings. The summed E-state index contributed by atoms with van der Waals surface area (Å²) in [6.45, 7) is 3.97. The molecule has 0 radical (unpaired) electrons. The second-order valence-corrected chi connectivity index (χ2v) is 5.82. The van der Waals surface area contributed by atoms with Crippen molar-refractivity contribution in [3.8, 4) is 0 Å². The number of hydrogen-bond donors (Lipinski definition) is 2. The van der Waals surface area contributed by atoms with Gasteiger partial charge in [0.05, 0.1) is 5.75 Å². The molecule has 102 valence electrons. The number of nitrogens with zero attached hydrogens (tertiary/aromatic N) is 4. The number of carbonyl (C=O) groups excluding carboxylic acids is 1. The molecule has 7 nitrogen and oxygen atoms in total. The second-order valence-electron chi connectivity index (χ2n) is 3.98. The monoisotopic (exact) mass is 298 g/mol. The van der Waals surface area contributed by atoms with E-state index in [1.165, 1.54) is 23.1 Å². The van der Waals surface area contributed by atoms with Gasteiger partial charge in [-0.25, -0.2) is 4.98 Å². The first-order valence-corrected chi connectivity index (χ1v) is 7.47. The van der Waals surface area contributed by atoms with Gasteiger partial charge in [0.15, 0.2) is 10.3 Å². The lowest BCUT2D eigenvalue weighted by molar-refractivity contribution is -0.113. The maximum Gasteiger partial charge on any atom is 0.236 e. The van der Waals surface area contributed by atoms with E-state index in [9.17, 15) is 4.79 Å². The smallest absolute Gasteiger partial charge is 0.236 e. The molecule has 0 aromatic carbocycles. The van der Waals surface area contributed by atoms with Crippen molar-refractivity contribution in [3.63, 3.8) is 0 Å². The number of aromatic nitrogens is 4. The standard InChI is InChI=1S/C10H14N6OS2/c1-6(2)16-8(11)14-15-10(16)19-5-7(17)13-9-12-3-4-18-9/h3-4,6H,5H2,1-2H3,(H2,11,14)(H,12,13,17). The summed E-state index contributed by atoms with van der Waals surface area (Å²) in [5.74, 6) is 0.472. The van der Waals surface area contributed by atoms with E-state index in [2.05, 4.69) is 20.5 Å². The summed E-state index contributed by atoms with van der Waals surface area (Å²) < 4.78 is 1.79. The highest BCUT2D eigenvalue weighted by molar-refractivity contribution is 7.99. The molecule has 0 unspecified atom stereocenters. The van der Waals surface area contributed by atoms with Gasteiger partial charge >= 0.3 is 0 Å². The minimum Gasteiger partial charge on any atom is -0.368 e. The normalized spacial score (nSPS) is 10.9. The lowest BCUT2D eigenvalue weighted by Gasteiger charge is -2.10. The Kier molecular flexibility index (Phi) is 4.38. The van der Waals surface area contributed by atoms with Gasteiger partial charge in [-0.3, -0.25) is 9.36 Å². The molecular formula is C10H14N6OS2. The molecule has 1 amide bonds. The summed E-state index contributed by atoms with van der Waals surface area (Å²) in [6.07, 6.45) is 1.64. The molecule has 2 heterocycles. The molecule has 0 spiro atoms. The van der Waals surface area contributed by atoms with E-state index < -0.39 is 0 Å². The van der Waals surface area contributed by atoms with Crippen LogP contribution in [0.25, 0.3) is 0 Å².